The summed E-state index contributed by atoms with van der Waals surface area (Å²) in [6.07, 6.45) is 5.46. The van der Waals surface area contributed by atoms with Crippen molar-refractivity contribution in [3.63, 3.8) is 0 Å². The summed E-state index contributed by atoms with van der Waals surface area (Å²) in [6.45, 7) is 5.92. The largest absolute Gasteiger partial charge is 0.368 e. The minimum Gasteiger partial charge on any atom is -0.368 e. The first-order valence-electron chi connectivity index (χ1n) is 8.30. The monoisotopic (exact) mass is 349 g/mol. The van der Waals surface area contributed by atoms with E-state index in [2.05, 4.69) is 49.2 Å². The summed E-state index contributed by atoms with van der Waals surface area (Å²) in [4.78, 5) is 5.29. The van der Waals surface area contributed by atoms with E-state index in [1.807, 2.05) is 0 Å². The van der Waals surface area contributed by atoms with Gasteiger partial charge in [-0.05, 0) is 49.9 Å². The van der Waals surface area contributed by atoms with Gasteiger partial charge in [-0.1, -0.05) is 22.0 Å². The van der Waals surface area contributed by atoms with Crippen LogP contribution in [0.4, 0.5) is 5.69 Å². The van der Waals surface area contributed by atoms with Gasteiger partial charge in [0, 0.05) is 48.4 Å². The van der Waals surface area contributed by atoms with Crippen LogP contribution in [0.15, 0.2) is 22.7 Å². The molecule has 2 aliphatic heterocycles. The van der Waals surface area contributed by atoms with E-state index in [-0.39, 0.29) is 0 Å². The summed E-state index contributed by atoms with van der Waals surface area (Å²) in [5, 5.41) is 3.67. The Hall–Kier alpha value is -0.580. The summed E-state index contributed by atoms with van der Waals surface area (Å²) >= 11 is 3.65. The van der Waals surface area contributed by atoms with Gasteiger partial charge in [-0.2, -0.15) is 0 Å². The highest BCUT2D eigenvalue weighted by Gasteiger charge is 2.31. The van der Waals surface area contributed by atoms with Gasteiger partial charge in [0.25, 0.3) is 0 Å². The quantitative estimate of drug-likeness (QED) is 0.901. The van der Waals surface area contributed by atoms with Crippen LogP contribution in [0.1, 0.15) is 31.2 Å². The van der Waals surface area contributed by atoms with Crippen molar-refractivity contribution in [1.82, 2.24) is 10.2 Å². The van der Waals surface area contributed by atoms with Crippen LogP contribution in [0.3, 0.4) is 0 Å². The Balaban J connectivity index is 1.52. The van der Waals surface area contributed by atoms with Crippen LogP contribution in [0, 0.1) is 0 Å². The van der Waals surface area contributed by atoms with E-state index in [1.165, 1.54) is 67.6 Å². The van der Waals surface area contributed by atoms with Crippen LogP contribution in [-0.4, -0.2) is 43.2 Å². The lowest BCUT2D eigenvalue weighted by molar-refractivity contribution is 0.231. The van der Waals surface area contributed by atoms with Gasteiger partial charge in [0.1, 0.15) is 0 Å². The summed E-state index contributed by atoms with van der Waals surface area (Å²) in [7, 11) is 0. The van der Waals surface area contributed by atoms with Gasteiger partial charge in [-0.15, -0.1) is 0 Å². The molecule has 0 aromatic heterocycles. The fourth-order valence-electron chi connectivity index (χ4n) is 3.73. The lowest BCUT2D eigenvalue weighted by atomic mass is 10.1. The molecule has 2 heterocycles. The summed E-state index contributed by atoms with van der Waals surface area (Å²) < 4.78 is 1.20. The van der Waals surface area contributed by atoms with Crippen LogP contribution in [0.5, 0.6) is 0 Å². The molecule has 1 saturated carbocycles. The number of rotatable bonds is 4. The second-order valence-corrected chi connectivity index (χ2v) is 7.62. The number of piperazine rings is 1. The van der Waals surface area contributed by atoms with Crippen LogP contribution in [0.2, 0.25) is 0 Å². The maximum absolute atomic E-state index is 3.67. The van der Waals surface area contributed by atoms with Gasteiger partial charge < -0.3 is 10.2 Å². The summed E-state index contributed by atoms with van der Waals surface area (Å²) in [5.74, 6) is 0. The van der Waals surface area contributed by atoms with Crippen molar-refractivity contribution in [2.75, 3.05) is 31.1 Å². The zero-order valence-electron chi connectivity index (χ0n) is 12.5. The molecular weight excluding hydrogens is 326 g/mol. The first-order valence-corrected chi connectivity index (χ1v) is 9.10. The molecule has 0 spiro atoms. The highest BCUT2D eigenvalue weighted by atomic mass is 79.9. The summed E-state index contributed by atoms with van der Waals surface area (Å²) in [5.41, 5.74) is 2.89. The predicted molar refractivity (Wildman–Crippen MR) is 90.8 cm³/mol. The van der Waals surface area contributed by atoms with Gasteiger partial charge in [-0.3, -0.25) is 4.90 Å². The molecule has 4 rings (SSSR count). The van der Waals surface area contributed by atoms with E-state index in [9.17, 15) is 0 Å². The van der Waals surface area contributed by atoms with Crippen molar-refractivity contribution < 1.29 is 0 Å². The lowest BCUT2D eigenvalue weighted by Gasteiger charge is -2.39. The molecule has 0 radical (unpaired) electrons. The minimum absolute atomic E-state index is 0.771. The average Bonchev–Trinajstić information content (AvgIpc) is 3.21. The van der Waals surface area contributed by atoms with Crippen molar-refractivity contribution in [2.45, 2.75) is 44.3 Å². The van der Waals surface area contributed by atoms with Crippen LogP contribution in [0.25, 0.3) is 0 Å². The molecule has 1 atom stereocenters. The van der Waals surface area contributed by atoms with Crippen LogP contribution < -0.4 is 10.2 Å². The van der Waals surface area contributed by atoms with Gasteiger partial charge in [0.15, 0.2) is 0 Å². The molecular formula is C17H24BrN3. The van der Waals surface area contributed by atoms with Gasteiger partial charge in [-0.25, -0.2) is 0 Å². The molecule has 1 N–H and O–H groups in total. The number of anilines is 1. The lowest BCUT2D eigenvalue weighted by Crippen LogP contribution is -2.50. The molecule has 3 aliphatic rings. The standard InChI is InChI=1S/C17H24BrN3/c18-14-4-3-13(11-19-15-5-6-15)17(10-14)21-9-8-20-7-1-2-16(20)12-21/h3-4,10,15-16,19H,1-2,5-9,11-12H2. The van der Waals surface area contributed by atoms with Crippen molar-refractivity contribution in [3.05, 3.63) is 28.2 Å². The molecule has 1 aliphatic carbocycles. The van der Waals surface area contributed by atoms with Gasteiger partial charge in [0.05, 0.1) is 0 Å². The first-order chi connectivity index (χ1) is 10.3. The van der Waals surface area contributed by atoms with Crippen molar-refractivity contribution in [3.8, 4) is 0 Å². The molecule has 21 heavy (non-hydrogen) atoms. The van der Waals surface area contributed by atoms with Gasteiger partial charge in [0.2, 0.25) is 0 Å². The maximum atomic E-state index is 3.67. The molecule has 114 valence electrons. The first kappa shape index (κ1) is 14.0. The number of nitrogens with zero attached hydrogens (tertiary/aromatic N) is 2. The number of benzene rings is 1. The Kier molecular flexibility index (Phi) is 3.94. The second-order valence-electron chi connectivity index (χ2n) is 6.71. The van der Waals surface area contributed by atoms with E-state index >= 15 is 0 Å². The number of fused-ring (bicyclic) bond motifs is 1. The van der Waals surface area contributed by atoms with Crippen molar-refractivity contribution in [2.24, 2.45) is 0 Å². The minimum atomic E-state index is 0.771. The second kappa shape index (κ2) is 5.90. The Morgan fingerprint density at radius 1 is 1.14 bits per heavy atom. The normalized spacial score (nSPS) is 26.1. The number of hydrogen-bond acceptors (Lipinski definition) is 3. The molecule has 3 nitrogen and oxygen atoms in total. The fourth-order valence-corrected chi connectivity index (χ4v) is 4.08. The Labute approximate surface area is 135 Å². The molecule has 1 aromatic rings. The molecule has 0 bridgehead atoms. The van der Waals surface area contributed by atoms with E-state index in [0.717, 1.165) is 18.6 Å². The highest BCUT2D eigenvalue weighted by molar-refractivity contribution is 9.10. The molecule has 0 amide bonds. The van der Waals surface area contributed by atoms with Crippen LogP contribution >= 0.6 is 15.9 Å². The third kappa shape index (κ3) is 3.13. The van der Waals surface area contributed by atoms with E-state index in [1.54, 1.807) is 0 Å². The van der Waals surface area contributed by atoms with Crippen molar-refractivity contribution in [1.29, 1.82) is 0 Å². The van der Waals surface area contributed by atoms with Crippen molar-refractivity contribution >= 4 is 21.6 Å². The third-order valence-corrected chi connectivity index (χ3v) is 5.63. The molecule has 1 unspecified atom stereocenters. The van der Waals surface area contributed by atoms with E-state index < -0.39 is 0 Å². The Bertz CT molecular complexity index is 515. The zero-order chi connectivity index (χ0) is 14.2. The third-order valence-electron chi connectivity index (χ3n) is 5.13. The number of hydrogen-bond donors (Lipinski definition) is 1. The molecule has 1 aromatic carbocycles. The van der Waals surface area contributed by atoms with Crippen LogP contribution in [-0.2, 0) is 6.54 Å². The SMILES string of the molecule is Brc1ccc(CNC2CC2)c(N2CCN3CCCC3C2)c1. The maximum Gasteiger partial charge on any atom is 0.0424 e. The number of halogens is 1. The predicted octanol–water partition coefficient (Wildman–Crippen LogP) is 2.99. The average molecular weight is 350 g/mol. The molecule has 2 saturated heterocycles. The van der Waals surface area contributed by atoms with Gasteiger partial charge >= 0.3 is 0 Å². The smallest absolute Gasteiger partial charge is 0.0424 e. The van der Waals surface area contributed by atoms with E-state index in [4.69, 9.17) is 0 Å². The molecule has 3 fully saturated rings. The molecule has 4 heteroatoms. The fraction of sp³-hybridized carbons (Fsp3) is 0.647. The highest BCUT2D eigenvalue weighted by Crippen LogP contribution is 2.30. The Morgan fingerprint density at radius 3 is 2.90 bits per heavy atom. The summed E-state index contributed by atoms with van der Waals surface area (Å²) in [6, 6.07) is 8.33. The van der Waals surface area contributed by atoms with E-state index in [0.29, 0.717) is 0 Å². The Morgan fingerprint density at radius 2 is 2.05 bits per heavy atom. The zero-order valence-corrected chi connectivity index (χ0v) is 14.1. The topological polar surface area (TPSA) is 18.5 Å². The number of nitrogens with one attached hydrogen (secondary N) is 1.